The molecule has 1 amide bonds. The van der Waals surface area contributed by atoms with Crippen molar-refractivity contribution in [2.24, 2.45) is 0 Å². The van der Waals surface area contributed by atoms with Crippen molar-refractivity contribution in [1.29, 1.82) is 0 Å². The van der Waals surface area contributed by atoms with E-state index in [-0.39, 0.29) is 12.5 Å². The maximum Gasteiger partial charge on any atom is 0.262 e. The van der Waals surface area contributed by atoms with Crippen LogP contribution in [0.3, 0.4) is 0 Å². The molecule has 0 aliphatic carbocycles. The van der Waals surface area contributed by atoms with Crippen molar-refractivity contribution in [2.75, 3.05) is 11.9 Å². The van der Waals surface area contributed by atoms with Gasteiger partial charge in [-0.1, -0.05) is 38.1 Å². The maximum absolute atomic E-state index is 11.9. The fraction of sp³-hybridized carbons (Fsp3) is 0.222. The van der Waals surface area contributed by atoms with Crippen LogP contribution in [0.4, 0.5) is 5.69 Å². The summed E-state index contributed by atoms with van der Waals surface area (Å²) in [5.74, 6) is 0.591. The smallest absolute Gasteiger partial charge is 0.262 e. The maximum atomic E-state index is 11.9. The molecule has 0 aliphatic heterocycles. The number of benzene rings is 2. The molecule has 4 heteroatoms. The summed E-state index contributed by atoms with van der Waals surface area (Å²) in [7, 11) is 0. The van der Waals surface area contributed by atoms with E-state index in [9.17, 15) is 9.59 Å². The molecule has 1 N–H and O–H groups in total. The molecule has 114 valence electrons. The average molecular weight is 297 g/mol. The van der Waals surface area contributed by atoms with E-state index in [1.807, 2.05) is 24.3 Å². The van der Waals surface area contributed by atoms with E-state index in [0.29, 0.717) is 23.5 Å². The molecule has 4 nitrogen and oxygen atoms in total. The predicted molar refractivity (Wildman–Crippen MR) is 86.5 cm³/mol. The largest absolute Gasteiger partial charge is 0.483 e. The Labute approximate surface area is 130 Å². The van der Waals surface area contributed by atoms with Gasteiger partial charge in [0.25, 0.3) is 5.91 Å². The van der Waals surface area contributed by atoms with E-state index >= 15 is 0 Å². The van der Waals surface area contributed by atoms with Crippen molar-refractivity contribution in [3.8, 4) is 5.75 Å². The zero-order valence-corrected chi connectivity index (χ0v) is 12.7. The number of para-hydroxylation sites is 1. The Morgan fingerprint density at radius 2 is 1.82 bits per heavy atom. The standard InChI is InChI=1S/C18H19NO3/c1-13(2)14-7-9-16(10-8-14)19-18(21)12-22-17-6-4-3-5-15(17)11-20/h3-11,13H,12H2,1-2H3,(H,19,21). The Bertz CT molecular complexity index is 648. The van der Waals surface area contributed by atoms with E-state index in [2.05, 4.69) is 19.2 Å². The molecule has 0 spiro atoms. The van der Waals surface area contributed by atoms with Crippen LogP contribution in [0.25, 0.3) is 0 Å². The number of nitrogens with one attached hydrogen (secondary N) is 1. The van der Waals surface area contributed by atoms with Crippen molar-refractivity contribution >= 4 is 17.9 Å². The van der Waals surface area contributed by atoms with Gasteiger partial charge in [-0.15, -0.1) is 0 Å². The second kappa shape index (κ2) is 7.41. The molecule has 22 heavy (non-hydrogen) atoms. The molecule has 0 unspecified atom stereocenters. The van der Waals surface area contributed by atoms with Gasteiger partial charge >= 0.3 is 0 Å². The molecular weight excluding hydrogens is 278 g/mol. The fourth-order valence-corrected chi connectivity index (χ4v) is 2.00. The lowest BCUT2D eigenvalue weighted by atomic mass is 10.0. The predicted octanol–water partition coefficient (Wildman–Crippen LogP) is 3.64. The molecule has 0 saturated carbocycles. The van der Waals surface area contributed by atoms with Gasteiger partial charge in [-0.25, -0.2) is 0 Å². The summed E-state index contributed by atoms with van der Waals surface area (Å²) in [4.78, 5) is 22.7. The van der Waals surface area contributed by atoms with Crippen molar-refractivity contribution in [3.05, 3.63) is 59.7 Å². The molecule has 2 aromatic rings. The summed E-state index contributed by atoms with van der Waals surface area (Å²) in [6, 6.07) is 14.5. The van der Waals surface area contributed by atoms with Crippen LogP contribution in [0.5, 0.6) is 5.75 Å². The minimum absolute atomic E-state index is 0.142. The summed E-state index contributed by atoms with van der Waals surface area (Å²) in [6.45, 7) is 4.09. The van der Waals surface area contributed by atoms with Crippen LogP contribution < -0.4 is 10.1 Å². The molecule has 0 radical (unpaired) electrons. The zero-order chi connectivity index (χ0) is 15.9. The second-order valence-electron chi connectivity index (χ2n) is 5.27. The third kappa shape index (κ3) is 4.19. The summed E-state index contributed by atoms with van der Waals surface area (Å²) >= 11 is 0. The van der Waals surface area contributed by atoms with Gasteiger partial charge in [0.05, 0.1) is 5.56 Å². The quantitative estimate of drug-likeness (QED) is 0.828. The van der Waals surface area contributed by atoms with Gasteiger partial charge in [-0.3, -0.25) is 9.59 Å². The van der Waals surface area contributed by atoms with Gasteiger partial charge in [-0.05, 0) is 35.7 Å². The first-order chi connectivity index (χ1) is 10.6. The van der Waals surface area contributed by atoms with Gasteiger partial charge in [0.2, 0.25) is 0 Å². The number of hydrogen-bond acceptors (Lipinski definition) is 3. The molecular formula is C18H19NO3. The number of carbonyl (C=O) groups excluding carboxylic acids is 2. The Morgan fingerprint density at radius 3 is 2.45 bits per heavy atom. The average Bonchev–Trinajstić information content (AvgIpc) is 2.53. The second-order valence-corrected chi connectivity index (χ2v) is 5.27. The Morgan fingerprint density at radius 1 is 1.14 bits per heavy atom. The van der Waals surface area contributed by atoms with Gasteiger partial charge in [0.1, 0.15) is 5.75 Å². The molecule has 0 saturated heterocycles. The van der Waals surface area contributed by atoms with Crippen molar-refractivity contribution in [3.63, 3.8) is 0 Å². The zero-order valence-electron chi connectivity index (χ0n) is 12.7. The van der Waals surface area contributed by atoms with E-state index in [4.69, 9.17) is 4.74 Å². The number of carbonyl (C=O) groups is 2. The minimum Gasteiger partial charge on any atom is -0.483 e. The first-order valence-corrected chi connectivity index (χ1v) is 7.17. The summed E-state index contributed by atoms with van der Waals surface area (Å²) in [6.07, 6.45) is 0.706. The van der Waals surface area contributed by atoms with Crippen LogP contribution in [0, 0.1) is 0 Å². The molecule has 0 aliphatic rings. The van der Waals surface area contributed by atoms with Gasteiger partial charge < -0.3 is 10.1 Å². The highest BCUT2D eigenvalue weighted by Gasteiger charge is 2.07. The minimum atomic E-state index is -0.266. The monoisotopic (exact) mass is 297 g/mol. The normalized spacial score (nSPS) is 10.3. The number of anilines is 1. The lowest BCUT2D eigenvalue weighted by molar-refractivity contribution is -0.118. The molecule has 0 atom stereocenters. The van der Waals surface area contributed by atoms with Gasteiger partial charge in [0.15, 0.2) is 12.9 Å². The van der Waals surface area contributed by atoms with E-state index < -0.39 is 0 Å². The van der Waals surface area contributed by atoms with E-state index in [0.717, 1.165) is 5.69 Å². The van der Waals surface area contributed by atoms with Crippen molar-refractivity contribution in [2.45, 2.75) is 19.8 Å². The first kappa shape index (κ1) is 15.8. The van der Waals surface area contributed by atoms with Crippen molar-refractivity contribution < 1.29 is 14.3 Å². The molecule has 0 heterocycles. The number of hydrogen-bond donors (Lipinski definition) is 1. The summed E-state index contributed by atoms with van der Waals surface area (Å²) < 4.78 is 5.38. The third-order valence-electron chi connectivity index (χ3n) is 3.27. The molecule has 0 aromatic heterocycles. The van der Waals surface area contributed by atoms with Crippen molar-refractivity contribution in [1.82, 2.24) is 0 Å². The van der Waals surface area contributed by atoms with Crippen LogP contribution in [0.15, 0.2) is 48.5 Å². The van der Waals surface area contributed by atoms with Crippen LogP contribution in [0.2, 0.25) is 0 Å². The highest BCUT2D eigenvalue weighted by Crippen LogP contribution is 2.18. The lowest BCUT2D eigenvalue weighted by Gasteiger charge is -2.10. The van der Waals surface area contributed by atoms with Crippen LogP contribution >= 0.6 is 0 Å². The molecule has 0 fully saturated rings. The summed E-state index contributed by atoms with van der Waals surface area (Å²) in [5, 5.41) is 2.76. The first-order valence-electron chi connectivity index (χ1n) is 7.17. The Hall–Kier alpha value is -2.62. The SMILES string of the molecule is CC(C)c1ccc(NC(=O)COc2ccccc2C=O)cc1. The molecule has 0 bridgehead atoms. The fourth-order valence-electron chi connectivity index (χ4n) is 2.00. The number of amides is 1. The topological polar surface area (TPSA) is 55.4 Å². The van der Waals surface area contributed by atoms with Gasteiger partial charge in [-0.2, -0.15) is 0 Å². The van der Waals surface area contributed by atoms with Crippen LogP contribution in [-0.2, 0) is 4.79 Å². The van der Waals surface area contributed by atoms with E-state index in [1.54, 1.807) is 24.3 Å². The number of rotatable bonds is 6. The summed E-state index contributed by atoms with van der Waals surface area (Å²) in [5.41, 5.74) is 2.37. The third-order valence-corrected chi connectivity index (χ3v) is 3.27. The van der Waals surface area contributed by atoms with Crippen LogP contribution in [-0.4, -0.2) is 18.8 Å². The van der Waals surface area contributed by atoms with E-state index in [1.165, 1.54) is 5.56 Å². The molecule has 2 rings (SSSR count). The lowest BCUT2D eigenvalue weighted by Crippen LogP contribution is -2.20. The Kier molecular flexibility index (Phi) is 5.31. The van der Waals surface area contributed by atoms with Crippen LogP contribution in [0.1, 0.15) is 35.7 Å². The molecule has 2 aromatic carbocycles. The highest BCUT2D eigenvalue weighted by molar-refractivity contribution is 5.92. The van der Waals surface area contributed by atoms with Gasteiger partial charge in [0, 0.05) is 5.69 Å². The highest BCUT2D eigenvalue weighted by atomic mass is 16.5. The number of ether oxygens (including phenoxy) is 1. The Balaban J connectivity index is 1.91. The number of aldehydes is 1.